The summed E-state index contributed by atoms with van der Waals surface area (Å²) in [6, 6.07) is 14.2. The van der Waals surface area contributed by atoms with Crippen LogP contribution in [-0.4, -0.2) is 26.7 Å². The second kappa shape index (κ2) is 8.16. The molecule has 0 aliphatic carbocycles. The monoisotopic (exact) mass is 361 g/mol. The van der Waals surface area contributed by atoms with Crippen LogP contribution in [0, 0.1) is 0 Å². The quantitative estimate of drug-likeness (QED) is 0.822. The number of carbonyl (C=O) groups is 1. The van der Waals surface area contributed by atoms with Crippen LogP contribution < -0.4 is 10.1 Å². The maximum Gasteiger partial charge on any atom is 0.242 e. The highest BCUT2D eigenvalue weighted by Gasteiger charge is 2.28. The summed E-state index contributed by atoms with van der Waals surface area (Å²) in [6.45, 7) is 3.45. The van der Waals surface area contributed by atoms with Crippen molar-refractivity contribution in [1.82, 2.24) is 0 Å². The van der Waals surface area contributed by atoms with Crippen molar-refractivity contribution in [3.63, 3.8) is 0 Å². The van der Waals surface area contributed by atoms with Gasteiger partial charge in [0.15, 0.2) is 9.84 Å². The Bertz CT molecular complexity index is 829. The molecule has 1 atom stereocenters. The van der Waals surface area contributed by atoms with Gasteiger partial charge in [0.05, 0.1) is 12.9 Å². The van der Waals surface area contributed by atoms with Gasteiger partial charge in [-0.3, -0.25) is 4.79 Å². The van der Waals surface area contributed by atoms with Crippen molar-refractivity contribution in [2.45, 2.75) is 31.3 Å². The van der Waals surface area contributed by atoms with Crippen molar-refractivity contribution >= 4 is 21.4 Å². The predicted octanol–water partition coefficient (Wildman–Crippen LogP) is 3.20. The lowest BCUT2D eigenvalue weighted by molar-refractivity contribution is -0.115. The average molecular weight is 361 g/mol. The highest BCUT2D eigenvalue weighted by atomic mass is 32.2. The third kappa shape index (κ3) is 5.06. The molecule has 0 spiro atoms. The lowest BCUT2D eigenvalue weighted by Crippen LogP contribution is -2.33. The molecule has 0 bridgehead atoms. The minimum absolute atomic E-state index is 0.215. The Kier molecular flexibility index (Phi) is 6.20. The van der Waals surface area contributed by atoms with Crippen molar-refractivity contribution in [3.8, 4) is 5.75 Å². The van der Waals surface area contributed by atoms with Gasteiger partial charge in [-0.05, 0) is 48.7 Å². The van der Waals surface area contributed by atoms with Gasteiger partial charge in [-0.1, -0.05) is 31.2 Å². The topological polar surface area (TPSA) is 72.5 Å². The number of hydrogen-bond donors (Lipinski definition) is 1. The number of sulfone groups is 1. The van der Waals surface area contributed by atoms with Gasteiger partial charge in [0.2, 0.25) is 5.91 Å². The van der Waals surface area contributed by atoms with Crippen LogP contribution in [0.1, 0.15) is 25.0 Å². The number of benzene rings is 2. The van der Waals surface area contributed by atoms with Gasteiger partial charge in [-0.2, -0.15) is 0 Å². The minimum atomic E-state index is -3.64. The molecule has 0 radical (unpaired) electrons. The zero-order chi connectivity index (χ0) is 18.4. The van der Waals surface area contributed by atoms with Gasteiger partial charge < -0.3 is 10.1 Å². The van der Waals surface area contributed by atoms with E-state index in [1.54, 1.807) is 36.4 Å². The van der Waals surface area contributed by atoms with E-state index in [2.05, 4.69) is 5.32 Å². The first-order chi connectivity index (χ1) is 11.9. The summed E-state index contributed by atoms with van der Waals surface area (Å²) in [6.07, 6.45) is 0.902. The van der Waals surface area contributed by atoms with Crippen LogP contribution in [0.5, 0.6) is 5.75 Å². The molecule has 0 aromatic heterocycles. The number of rotatable bonds is 7. The Hall–Kier alpha value is -2.34. The molecule has 1 N–H and O–H groups in total. The van der Waals surface area contributed by atoms with E-state index in [-0.39, 0.29) is 5.75 Å². The zero-order valence-corrected chi connectivity index (χ0v) is 15.5. The number of ether oxygens (including phenoxy) is 1. The first-order valence-corrected chi connectivity index (χ1v) is 9.81. The van der Waals surface area contributed by atoms with Gasteiger partial charge in [0.25, 0.3) is 0 Å². The second-order valence-electron chi connectivity index (χ2n) is 5.84. The maximum atomic E-state index is 12.5. The van der Waals surface area contributed by atoms with Crippen molar-refractivity contribution in [3.05, 3.63) is 59.7 Å². The summed E-state index contributed by atoms with van der Waals surface area (Å²) in [5.74, 6) is -0.166. The Balaban J connectivity index is 2.07. The summed E-state index contributed by atoms with van der Waals surface area (Å²) in [7, 11) is -2.12. The third-order valence-electron chi connectivity index (χ3n) is 4.04. The molecule has 25 heavy (non-hydrogen) atoms. The van der Waals surface area contributed by atoms with E-state index in [0.29, 0.717) is 17.0 Å². The van der Waals surface area contributed by atoms with Crippen molar-refractivity contribution < 1.29 is 17.9 Å². The molecular weight excluding hydrogens is 338 g/mol. The number of amides is 1. The molecule has 0 unspecified atom stereocenters. The molecule has 0 aliphatic rings. The fourth-order valence-electron chi connectivity index (χ4n) is 2.35. The molecule has 134 valence electrons. The Morgan fingerprint density at radius 2 is 1.80 bits per heavy atom. The van der Waals surface area contributed by atoms with Gasteiger partial charge in [-0.25, -0.2) is 8.42 Å². The molecule has 0 heterocycles. The Morgan fingerprint density at radius 1 is 1.12 bits per heavy atom. The number of methoxy groups -OCH3 is 1. The van der Waals surface area contributed by atoms with Crippen molar-refractivity contribution in [1.29, 1.82) is 0 Å². The molecular formula is C19H23NO4S. The van der Waals surface area contributed by atoms with Crippen LogP contribution in [0.25, 0.3) is 0 Å². The minimum Gasteiger partial charge on any atom is -0.497 e. The summed E-state index contributed by atoms with van der Waals surface area (Å²) >= 11 is 0. The smallest absolute Gasteiger partial charge is 0.242 e. The highest BCUT2D eigenvalue weighted by Crippen LogP contribution is 2.18. The first kappa shape index (κ1) is 19.0. The van der Waals surface area contributed by atoms with E-state index >= 15 is 0 Å². The van der Waals surface area contributed by atoms with Crippen LogP contribution in [-0.2, 0) is 26.8 Å². The number of carbonyl (C=O) groups excluding carboxylic acids is 1. The normalized spacial score (nSPS) is 12.4. The lowest BCUT2D eigenvalue weighted by Gasteiger charge is -2.14. The summed E-state index contributed by atoms with van der Waals surface area (Å²) in [5, 5.41) is 1.52. The number of anilines is 1. The van der Waals surface area contributed by atoms with Gasteiger partial charge in [-0.15, -0.1) is 0 Å². The summed E-state index contributed by atoms with van der Waals surface area (Å²) < 4.78 is 30.2. The van der Waals surface area contributed by atoms with E-state index in [1.807, 2.05) is 19.1 Å². The molecule has 1 amide bonds. The molecule has 2 aromatic carbocycles. The number of nitrogens with one attached hydrogen (secondary N) is 1. The Labute approximate surface area is 148 Å². The average Bonchev–Trinajstić information content (AvgIpc) is 2.61. The van der Waals surface area contributed by atoms with Gasteiger partial charge in [0.1, 0.15) is 11.0 Å². The van der Waals surface area contributed by atoms with E-state index in [9.17, 15) is 13.2 Å². The van der Waals surface area contributed by atoms with Gasteiger partial charge >= 0.3 is 0 Å². The highest BCUT2D eigenvalue weighted by molar-refractivity contribution is 7.92. The largest absolute Gasteiger partial charge is 0.497 e. The fourth-order valence-corrected chi connectivity index (χ4v) is 3.63. The first-order valence-electron chi connectivity index (χ1n) is 8.10. The van der Waals surface area contributed by atoms with E-state index in [4.69, 9.17) is 4.74 Å². The molecule has 0 saturated heterocycles. The zero-order valence-electron chi connectivity index (χ0n) is 14.7. The third-order valence-corrected chi connectivity index (χ3v) is 6.07. The molecule has 6 heteroatoms. The van der Waals surface area contributed by atoms with Crippen LogP contribution >= 0.6 is 0 Å². The standard InChI is InChI=1S/C19H23NO4S/c1-4-15-8-10-17(11-9-15)20-19(21)14(2)25(22,23)13-16-6-5-7-18(12-16)24-3/h5-12,14H,4,13H2,1-3H3,(H,20,21)/t14-/m0/s1. The molecule has 0 fully saturated rings. The number of aryl methyl sites for hydroxylation is 1. The molecule has 2 aromatic rings. The SMILES string of the molecule is CCc1ccc(NC(=O)[C@H](C)S(=O)(=O)Cc2cccc(OC)c2)cc1. The van der Waals surface area contributed by atoms with Crippen molar-refractivity contribution in [2.24, 2.45) is 0 Å². The van der Waals surface area contributed by atoms with Gasteiger partial charge in [0, 0.05) is 5.69 Å². The predicted molar refractivity (Wildman–Crippen MR) is 99.5 cm³/mol. The lowest BCUT2D eigenvalue weighted by atomic mass is 10.1. The summed E-state index contributed by atoms with van der Waals surface area (Å²) in [5.41, 5.74) is 2.33. The van der Waals surface area contributed by atoms with E-state index in [0.717, 1.165) is 12.0 Å². The molecule has 2 rings (SSSR count). The molecule has 0 saturated carbocycles. The van der Waals surface area contributed by atoms with E-state index < -0.39 is 21.0 Å². The fraction of sp³-hybridized carbons (Fsp3) is 0.316. The van der Waals surface area contributed by atoms with Crippen LogP contribution in [0.3, 0.4) is 0 Å². The maximum absolute atomic E-state index is 12.5. The second-order valence-corrected chi connectivity index (χ2v) is 8.16. The van der Waals surface area contributed by atoms with Crippen LogP contribution in [0.4, 0.5) is 5.69 Å². The van der Waals surface area contributed by atoms with Crippen LogP contribution in [0.15, 0.2) is 48.5 Å². The molecule has 0 aliphatic heterocycles. The van der Waals surface area contributed by atoms with E-state index in [1.165, 1.54) is 14.0 Å². The van der Waals surface area contributed by atoms with Crippen molar-refractivity contribution in [2.75, 3.05) is 12.4 Å². The van der Waals surface area contributed by atoms with Crippen LogP contribution in [0.2, 0.25) is 0 Å². The molecule has 5 nitrogen and oxygen atoms in total. The number of hydrogen-bond acceptors (Lipinski definition) is 4. The summed E-state index contributed by atoms with van der Waals surface area (Å²) in [4.78, 5) is 12.3. The Morgan fingerprint density at radius 3 is 2.40 bits per heavy atom.